The molecule has 8 nitrogen and oxygen atoms in total. The lowest BCUT2D eigenvalue weighted by Gasteiger charge is -2.33. The van der Waals surface area contributed by atoms with Gasteiger partial charge in [0.2, 0.25) is 5.91 Å². The van der Waals surface area contributed by atoms with Crippen molar-refractivity contribution in [3.63, 3.8) is 0 Å². The number of fused-ring (bicyclic) bond motifs is 1. The number of amides is 1. The van der Waals surface area contributed by atoms with E-state index < -0.39 is 24.1 Å². The topological polar surface area (TPSA) is 135 Å². The maximum absolute atomic E-state index is 12.5. The van der Waals surface area contributed by atoms with Gasteiger partial charge in [0.05, 0.1) is 11.3 Å². The molecule has 28 heavy (non-hydrogen) atoms. The number of nitrogens with zero attached hydrogens (tertiary/aromatic N) is 2. The van der Waals surface area contributed by atoms with E-state index in [1.807, 2.05) is 16.8 Å². The lowest BCUT2D eigenvalue weighted by Crippen LogP contribution is -2.40. The predicted molar refractivity (Wildman–Crippen MR) is 107 cm³/mol. The van der Waals surface area contributed by atoms with Crippen LogP contribution in [0.5, 0.6) is 0 Å². The molecule has 0 aliphatic carbocycles. The van der Waals surface area contributed by atoms with Crippen LogP contribution in [0.25, 0.3) is 0 Å². The van der Waals surface area contributed by atoms with Gasteiger partial charge in [0.15, 0.2) is 5.82 Å². The number of thiophene rings is 1. The van der Waals surface area contributed by atoms with Crippen molar-refractivity contribution in [3.8, 4) is 0 Å². The number of primary amides is 1. The Bertz CT molecular complexity index is 1040. The summed E-state index contributed by atoms with van der Waals surface area (Å²) in [5.41, 5.74) is 14.0. The third kappa shape index (κ3) is 2.91. The highest BCUT2D eigenvalue weighted by molar-refractivity contribution is 7.08. The number of hydrogen-bond acceptors (Lipinski definition) is 7. The minimum atomic E-state index is -1.11. The van der Waals surface area contributed by atoms with E-state index in [9.17, 15) is 14.7 Å². The Morgan fingerprint density at radius 2 is 1.96 bits per heavy atom. The number of aromatic carboxylic acids is 1. The Balaban J connectivity index is 1.93. The number of pyridine rings is 1. The van der Waals surface area contributed by atoms with Crippen molar-refractivity contribution < 1.29 is 14.7 Å². The first kappa shape index (κ1) is 17.8. The van der Waals surface area contributed by atoms with Crippen molar-refractivity contribution in [1.82, 2.24) is 4.98 Å². The fraction of sp³-hybridized carbons (Fsp3) is 0.105. The molecule has 6 N–H and O–H groups in total. The van der Waals surface area contributed by atoms with E-state index >= 15 is 0 Å². The van der Waals surface area contributed by atoms with Crippen LogP contribution in [0.2, 0.25) is 0 Å². The number of nitrogen functional groups attached to an aromatic ring is 1. The molecule has 4 rings (SSSR count). The van der Waals surface area contributed by atoms with Crippen molar-refractivity contribution in [3.05, 3.63) is 70.0 Å². The number of nitrogens with two attached hydrogens (primary N) is 2. The normalized spacial score (nSPS) is 16.3. The molecule has 2 unspecified atom stereocenters. The van der Waals surface area contributed by atoms with Crippen LogP contribution in [0.4, 0.5) is 17.2 Å². The number of carbonyl (C=O) groups excluding carboxylic acids is 1. The van der Waals surface area contributed by atoms with Crippen molar-refractivity contribution in [2.75, 3.05) is 16.0 Å². The maximum Gasteiger partial charge on any atom is 0.338 e. The van der Waals surface area contributed by atoms with Crippen molar-refractivity contribution in [1.29, 1.82) is 0 Å². The van der Waals surface area contributed by atoms with Crippen LogP contribution in [0.15, 0.2) is 53.4 Å². The largest absolute Gasteiger partial charge is 0.478 e. The molecule has 0 fully saturated rings. The molecule has 2 aromatic heterocycles. The number of aromatic nitrogens is 1. The van der Waals surface area contributed by atoms with Gasteiger partial charge in [-0.2, -0.15) is 11.3 Å². The van der Waals surface area contributed by atoms with E-state index in [4.69, 9.17) is 11.5 Å². The van der Waals surface area contributed by atoms with Gasteiger partial charge in [-0.15, -0.1) is 0 Å². The van der Waals surface area contributed by atoms with Crippen LogP contribution in [0.3, 0.4) is 0 Å². The third-order valence-electron chi connectivity index (χ3n) is 4.62. The fourth-order valence-corrected chi connectivity index (χ4v) is 4.09. The Morgan fingerprint density at radius 3 is 2.57 bits per heavy atom. The number of carboxylic acid groups (broad SMARTS) is 1. The van der Waals surface area contributed by atoms with E-state index in [2.05, 4.69) is 10.3 Å². The van der Waals surface area contributed by atoms with Crippen LogP contribution < -0.4 is 21.7 Å². The quantitative estimate of drug-likeness (QED) is 0.488. The van der Waals surface area contributed by atoms with Gasteiger partial charge >= 0.3 is 5.97 Å². The third-order valence-corrected chi connectivity index (χ3v) is 5.32. The summed E-state index contributed by atoms with van der Waals surface area (Å²) in [4.78, 5) is 30.4. The summed E-state index contributed by atoms with van der Waals surface area (Å²) in [5, 5.41) is 16.8. The van der Waals surface area contributed by atoms with Crippen molar-refractivity contribution in [2.45, 2.75) is 12.2 Å². The Kier molecular flexibility index (Phi) is 4.36. The van der Waals surface area contributed by atoms with Crippen LogP contribution in [0.1, 0.15) is 33.7 Å². The van der Waals surface area contributed by atoms with Crippen molar-refractivity contribution in [2.24, 2.45) is 5.73 Å². The maximum atomic E-state index is 12.5. The Morgan fingerprint density at radius 1 is 1.21 bits per heavy atom. The molecule has 1 aromatic carbocycles. The summed E-state index contributed by atoms with van der Waals surface area (Å²) < 4.78 is 0. The number of hydrogen-bond donors (Lipinski definition) is 4. The van der Waals surface area contributed by atoms with Crippen LogP contribution in [-0.4, -0.2) is 22.0 Å². The summed E-state index contributed by atoms with van der Waals surface area (Å²) >= 11 is 1.50. The zero-order chi connectivity index (χ0) is 19.8. The van der Waals surface area contributed by atoms with Crippen LogP contribution in [-0.2, 0) is 4.79 Å². The first-order valence-corrected chi connectivity index (χ1v) is 9.35. The van der Waals surface area contributed by atoms with Gasteiger partial charge in [0.25, 0.3) is 0 Å². The Hall–Kier alpha value is -3.59. The number of rotatable bonds is 5. The molecule has 9 heteroatoms. The molecular formula is C19H17N5O3S. The average Bonchev–Trinajstić information content (AvgIpc) is 3.31. The molecule has 3 aromatic rings. The molecule has 0 spiro atoms. The van der Waals surface area contributed by atoms with E-state index in [0.717, 1.165) is 5.56 Å². The first-order chi connectivity index (χ1) is 13.5. The van der Waals surface area contributed by atoms with Gasteiger partial charge in [-0.1, -0.05) is 12.1 Å². The smallest absolute Gasteiger partial charge is 0.338 e. The lowest BCUT2D eigenvalue weighted by atomic mass is 10.0. The Labute approximate surface area is 164 Å². The molecule has 1 aliphatic rings. The molecule has 1 amide bonds. The van der Waals surface area contributed by atoms with Gasteiger partial charge in [-0.05, 0) is 40.6 Å². The minimum absolute atomic E-state index is 0.0388. The van der Waals surface area contributed by atoms with Gasteiger partial charge in [-0.25, -0.2) is 9.78 Å². The van der Waals surface area contributed by atoms with Crippen LogP contribution in [0, 0.1) is 0 Å². The summed E-state index contributed by atoms with van der Waals surface area (Å²) in [6.07, 6.45) is 0.927. The van der Waals surface area contributed by atoms with Gasteiger partial charge in [0, 0.05) is 17.4 Å². The number of carboxylic acids is 1. The summed E-state index contributed by atoms with van der Waals surface area (Å²) in [6, 6.07) is 9.18. The van der Waals surface area contributed by atoms with Gasteiger partial charge in [-0.3, -0.25) is 4.79 Å². The lowest BCUT2D eigenvalue weighted by molar-refractivity contribution is -0.119. The standard InChI is InChI=1S/C19H17N5O3S/c20-12-3-1-10(2-4-12)14(16(21)25)24-15-13(19(26)27)5-7-22-17(15)23-18(24)11-6-8-28-9-11/h1-9,14,18H,20H2,(H2,21,25)(H,22,23)(H,26,27). The van der Waals surface area contributed by atoms with E-state index in [-0.39, 0.29) is 5.56 Å². The van der Waals surface area contributed by atoms with Crippen molar-refractivity contribution >= 4 is 40.4 Å². The first-order valence-electron chi connectivity index (χ1n) is 8.41. The van der Waals surface area contributed by atoms with Crippen LogP contribution >= 0.6 is 11.3 Å². The second-order valence-corrected chi connectivity index (χ2v) is 7.12. The number of benzene rings is 1. The summed E-state index contributed by atoms with van der Waals surface area (Å²) in [5.74, 6) is -1.34. The summed E-state index contributed by atoms with van der Waals surface area (Å²) in [7, 11) is 0. The number of anilines is 3. The minimum Gasteiger partial charge on any atom is -0.478 e. The molecule has 2 atom stereocenters. The average molecular weight is 395 g/mol. The molecule has 0 radical (unpaired) electrons. The molecular weight excluding hydrogens is 378 g/mol. The number of nitrogens with one attached hydrogen (secondary N) is 1. The van der Waals surface area contributed by atoms with E-state index in [0.29, 0.717) is 22.8 Å². The highest BCUT2D eigenvalue weighted by Gasteiger charge is 2.41. The molecule has 142 valence electrons. The zero-order valence-corrected chi connectivity index (χ0v) is 15.4. The fourth-order valence-electron chi connectivity index (χ4n) is 3.41. The van der Waals surface area contributed by atoms with Gasteiger partial charge < -0.3 is 26.8 Å². The zero-order valence-electron chi connectivity index (χ0n) is 14.6. The summed E-state index contributed by atoms with van der Waals surface area (Å²) in [6.45, 7) is 0. The predicted octanol–water partition coefficient (Wildman–Crippen LogP) is 2.58. The second-order valence-electron chi connectivity index (χ2n) is 6.34. The monoisotopic (exact) mass is 395 g/mol. The molecule has 0 saturated carbocycles. The van der Waals surface area contributed by atoms with E-state index in [1.165, 1.54) is 23.6 Å². The molecule has 3 heterocycles. The number of carbonyl (C=O) groups is 2. The molecule has 0 saturated heterocycles. The second kappa shape index (κ2) is 6.86. The highest BCUT2D eigenvalue weighted by atomic mass is 32.1. The van der Waals surface area contributed by atoms with E-state index in [1.54, 1.807) is 29.2 Å². The highest BCUT2D eigenvalue weighted by Crippen LogP contribution is 2.47. The SMILES string of the molecule is NC(=O)C(c1ccc(N)cc1)N1c2c(C(=O)O)ccnc2NC1c1ccsc1. The molecule has 1 aliphatic heterocycles. The molecule has 0 bridgehead atoms. The van der Waals surface area contributed by atoms with Gasteiger partial charge in [0.1, 0.15) is 12.2 Å².